The molecule has 0 bridgehead atoms. The molecular formula is C8H15NO2S. The van der Waals surface area contributed by atoms with Crippen molar-refractivity contribution < 1.29 is 9.90 Å². The van der Waals surface area contributed by atoms with Gasteiger partial charge in [-0.1, -0.05) is 0 Å². The predicted molar refractivity (Wildman–Crippen MR) is 50.2 cm³/mol. The van der Waals surface area contributed by atoms with E-state index in [1.807, 2.05) is 11.2 Å². The first-order chi connectivity index (χ1) is 5.74. The summed E-state index contributed by atoms with van der Waals surface area (Å²) in [5.41, 5.74) is 0. The second kappa shape index (κ2) is 4.72. The second-order valence-corrected chi connectivity index (χ2v) is 3.91. The van der Waals surface area contributed by atoms with Crippen LogP contribution in [0.3, 0.4) is 0 Å². The van der Waals surface area contributed by atoms with Crippen molar-refractivity contribution in [1.29, 1.82) is 0 Å². The average molecular weight is 189 g/mol. The number of thioether (sulfide) groups is 1. The van der Waals surface area contributed by atoms with Crippen LogP contribution in [0.15, 0.2) is 0 Å². The van der Waals surface area contributed by atoms with E-state index in [9.17, 15) is 9.90 Å². The number of amides is 1. The number of rotatable bonds is 2. The van der Waals surface area contributed by atoms with Gasteiger partial charge in [-0.15, -0.1) is 0 Å². The van der Waals surface area contributed by atoms with Crippen molar-refractivity contribution in [2.24, 2.45) is 0 Å². The molecule has 1 aliphatic rings. The highest BCUT2D eigenvalue weighted by molar-refractivity contribution is 7.99. The molecule has 0 atom stereocenters. The minimum absolute atomic E-state index is 0.191. The van der Waals surface area contributed by atoms with Crippen LogP contribution in [0.25, 0.3) is 0 Å². The number of piperidine rings is 1. The van der Waals surface area contributed by atoms with Crippen molar-refractivity contribution in [2.75, 3.05) is 25.1 Å². The van der Waals surface area contributed by atoms with E-state index in [4.69, 9.17) is 0 Å². The first-order valence-corrected chi connectivity index (χ1v) is 5.58. The molecule has 0 spiro atoms. The summed E-state index contributed by atoms with van der Waals surface area (Å²) in [5.74, 6) is 0.769. The molecule has 1 saturated heterocycles. The summed E-state index contributed by atoms with van der Waals surface area (Å²) in [4.78, 5) is 13.2. The minimum Gasteiger partial charge on any atom is -0.393 e. The fourth-order valence-corrected chi connectivity index (χ4v) is 1.76. The maximum atomic E-state index is 11.3. The van der Waals surface area contributed by atoms with Gasteiger partial charge in [0.25, 0.3) is 0 Å². The van der Waals surface area contributed by atoms with Crippen molar-refractivity contribution in [1.82, 2.24) is 4.90 Å². The lowest BCUT2D eigenvalue weighted by atomic mass is 10.1. The molecule has 0 saturated carbocycles. The molecule has 1 N–H and O–H groups in total. The summed E-state index contributed by atoms with van der Waals surface area (Å²) in [6.07, 6.45) is 3.21. The number of aliphatic hydroxyl groups is 1. The molecule has 70 valence electrons. The molecule has 0 radical (unpaired) electrons. The quantitative estimate of drug-likeness (QED) is 0.680. The van der Waals surface area contributed by atoms with Crippen molar-refractivity contribution in [3.05, 3.63) is 0 Å². The van der Waals surface area contributed by atoms with Crippen molar-refractivity contribution in [3.8, 4) is 0 Å². The number of carbonyl (C=O) groups excluding carboxylic acids is 1. The maximum Gasteiger partial charge on any atom is 0.232 e. The van der Waals surface area contributed by atoms with E-state index in [0.717, 1.165) is 25.9 Å². The van der Waals surface area contributed by atoms with Crippen LogP contribution in [0.5, 0.6) is 0 Å². The van der Waals surface area contributed by atoms with Crippen LogP contribution < -0.4 is 0 Å². The van der Waals surface area contributed by atoms with Crippen molar-refractivity contribution in [2.45, 2.75) is 18.9 Å². The summed E-state index contributed by atoms with van der Waals surface area (Å²) in [6, 6.07) is 0. The Kier molecular flexibility index (Phi) is 3.88. The Morgan fingerprint density at radius 3 is 2.67 bits per heavy atom. The Hall–Kier alpha value is -0.220. The minimum atomic E-state index is -0.191. The lowest BCUT2D eigenvalue weighted by Gasteiger charge is -2.29. The third-order valence-electron chi connectivity index (χ3n) is 2.08. The lowest BCUT2D eigenvalue weighted by molar-refractivity contribution is -0.130. The van der Waals surface area contributed by atoms with Gasteiger partial charge >= 0.3 is 0 Å². The van der Waals surface area contributed by atoms with E-state index in [1.165, 1.54) is 0 Å². The van der Waals surface area contributed by atoms with Gasteiger partial charge in [-0.3, -0.25) is 4.79 Å². The number of carbonyl (C=O) groups is 1. The van der Waals surface area contributed by atoms with Crippen LogP contribution in [0.2, 0.25) is 0 Å². The molecule has 0 aliphatic carbocycles. The zero-order valence-corrected chi connectivity index (χ0v) is 8.14. The highest BCUT2D eigenvalue weighted by Gasteiger charge is 2.20. The Morgan fingerprint density at radius 2 is 2.17 bits per heavy atom. The van der Waals surface area contributed by atoms with E-state index >= 15 is 0 Å². The maximum absolute atomic E-state index is 11.3. The molecule has 3 nitrogen and oxygen atoms in total. The Balaban J connectivity index is 2.29. The van der Waals surface area contributed by atoms with Gasteiger partial charge in [0.2, 0.25) is 5.91 Å². The molecule has 0 aromatic heterocycles. The second-order valence-electron chi connectivity index (χ2n) is 3.04. The van der Waals surface area contributed by atoms with Gasteiger partial charge in [0.15, 0.2) is 0 Å². The van der Waals surface area contributed by atoms with Gasteiger partial charge < -0.3 is 10.0 Å². The first-order valence-electron chi connectivity index (χ1n) is 4.19. The molecule has 1 aliphatic heterocycles. The summed E-state index contributed by atoms with van der Waals surface area (Å²) >= 11 is 1.55. The van der Waals surface area contributed by atoms with Gasteiger partial charge in [-0.2, -0.15) is 11.8 Å². The molecule has 4 heteroatoms. The molecular weight excluding hydrogens is 174 g/mol. The number of nitrogens with zero attached hydrogens (tertiary/aromatic N) is 1. The summed E-state index contributed by atoms with van der Waals surface area (Å²) < 4.78 is 0. The largest absolute Gasteiger partial charge is 0.393 e. The SMILES string of the molecule is CSCC(=O)N1CCC(O)CC1. The fourth-order valence-electron chi connectivity index (χ4n) is 1.33. The Bertz CT molecular complexity index is 155. The molecule has 1 fully saturated rings. The monoisotopic (exact) mass is 189 g/mol. The standard InChI is InChI=1S/C8H15NO2S/c1-12-6-8(11)9-4-2-7(10)3-5-9/h7,10H,2-6H2,1H3. The van der Waals surface area contributed by atoms with Crippen LogP contribution in [0, 0.1) is 0 Å². The average Bonchev–Trinajstić information content (AvgIpc) is 2.06. The van der Waals surface area contributed by atoms with E-state index in [2.05, 4.69) is 0 Å². The number of hydrogen-bond donors (Lipinski definition) is 1. The van der Waals surface area contributed by atoms with Gasteiger partial charge in [-0.25, -0.2) is 0 Å². The van der Waals surface area contributed by atoms with Crippen molar-refractivity contribution >= 4 is 17.7 Å². The molecule has 1 heterocycles. The van der Waals surface area contributed by atoms with Gasteiger partial charge in [0, 0.05) is 13.1 Å². The van der Waals surface area contributed by atoms with E-state index in [-0.39, 0.29) is 12.0 Å². The molecule has 0 unspecified atom stereocenters. The Morgan fingerprint density at radius 1 is 1.58 bits per heavy atom. The third kappa shape index (κ3) is 2.68. The summed E-state index contributed by atoms with van der Waals surface area (Å²) in [7, 11) is 0. The van der Waals surface area contributed by atoms with Crippen LogP contribution in [0.1, 0.15) is 12.8 Å². The molecule has 12 heavy (non-hydrogen) atoms. The smallest absolute Gasteiger partial charge is 0.232 e. The van der Waals surface area contributed by atoms with Crippen LogP contribution in [0.4, 0.5) is 0 Å². The molecule has 1 amide bonds. The topological polar surface area (TPSA) is 40.5 Å². The lowest BCUT2D eigenvalue weighted by Crippen LogP contribution is -2.40. The van der Waals surface area contributed by atoms with Gasteiger partial charge in [0.05, 0.1) is 11.9 Å². The Labute approximate surface area is 77.1 Å². The number of aliphatic hydroxyl groups excluding tert-OH is 1. The fraction of sp³-hybridized carbons (Fsp3) is 0.875. The normalized spacial score (nSPS) is 19.7. The summed E-state index contributed by atoms with van der Waals surface area (Å²) in [6.45, 7) is 1.45. The first kappa shape index (κ1) is 9.86. The van der Waals surface area contributed by atoms with E-state index in [1.54, 1.807) is 11.8 Å². The van der Waals surface area contributed by atoms with Gasteiger partial charge in [0.1, 0.15) is 0 Å². The number of hydrogen-bond acceptors (Lipinski definition) is 3. The van der Waals surface area contributed by atoms with Gasteiger partial charge in [-0.05, 0) is 19.1 Å². The zero-order valence-electron chi connectivity index (χ0n) is 7.32. The highest BCUT2D eigenvalue weighted by atomic mass is 32.2. The van der Waals surface area contributed by atoms with Crippen molar-refractivity contribution in [3.63, 3.8) is 0 Å². The van der Waals surface area contributed by atoms with Crippen LogP contribution in [-0.2, 0) is 4.79 Å². The van der Waals surface area contributed by atoms with Crippen LogP contribution >= 0.6 is 11.8 Å². The van der Waals surface area contributed by atoms with Crippen LogP contribution in [-0.4, -0.2) is 47.1 Å². The van der Waals surface area contributed by atoms with E-state index in [0.29, 0.717) is 5.75 Å². The number of likely N-dealkylation sites (tertiary alicyclic amines) is 1. The van der Waals surface area contributed by atoms with E-state index < -0.39 is 0 Å². The highest BCUT2D eigenvalue weighted by Crippen LogP contribution is 2.10. The molecule has 1 rings (SSSR count). The molecule has 0 aromatic rings. The zero-order chi connectivity index (χ0) is 8.97. The molecule has 0 aromatic carbocycles. The third-order valence-corrected chi connectivity index (χ3v) is 2.62. The summed E-state index contributed by atoms with van der Waals surface area (Å²) in [5, 5.41) is 9.20. The predicted octanol–water partition coefficient (Wildman–Crippen LogP) is 0.333.